The maximum atomic E-state index is 4.71. The van der Waals surface area contributed by atoms with Crippen molar-refractivity contribution in [2.45, 2.75) is 6.42 Å². The van der Waals surface area contributed by atoms with Gasteiger partial charge in [0, 0.05) is 6.54 Å². The average molecular weight is 176 g/mol. The molecule has 1 aliphatic heterocycles. The summed E-state index contributed by atoms with van der Waals surface area (Å²) in [4.78, 5) is 0. The Balaban J connectivity index is 2.17. The van der Waals surface area contributed by atoms with Crippen molar-refractivity contribution in [3.05, 3.63) is 0 Å². The standard InChI is InChI=1S/C6H12N2S2/c9-5-8(10)4-6-1-2-7-3-6/h5-7,10H,1-4H2. The van der Waals surface area contributed by atoms with Crippen LogP contribution in [0, 0.1) is 5.92 Å². The van der Waals surface area contributed by atoms with Crippen molar-refractivity contribution in [3.63, 3.8) is 0 Å². The van der Waals surface area contributed by atoms with Crippen LogP contribution >= 0.6 is 25.0 Å². The van der Waals surface area contributed by atoms with E-state index in [0.29, 0.717) is 0 Å². The smallest absolute Gasteiger partial charge is 0.0738 e. The van der Waals surface area contributed by atoms with E-state index in [2.05, 4.69) is 18.1 Å². The molecule has 0 aliphatic carbocycles. The van der Waals surface area contributed by atoms with Crippen molar-refractivity contribution < 1.29 is 0 Å². The first kappa shape index (κ1) is 8.30. The van der Waals surface area contributed by atoms with Crippen molar-refractivity contribution in [1.82, 2.24) is 9.62 Å². The molecule has 4 heteroatoms. The van der Waals surface area contributed by atoms with Gasteiger partial charge in [0.15, 0.2) is 0 Å². The van der Waals surface area contributed by atoms with Crippen molar-refractivity contribution in [2.24, 2.45) is 5.92 Å². The van der Waals surface area contributed by atoms with Gasteiger partial charge >= 0.3 is 0 Å². The first-order chi connectivity index (χ1) is 4.83. The Morgan fingerprint density at radius 1 is 1.80 bits per heavy atom. The van der Waals surface area contributed by atoms with Gasteiger partial charge in [-0.05, 0) is 25.4 Å². The van der Waals surface area contributed by atoms with Gasteiger partial charge in [-0.3, -0.25) is 0 Å². The third kappa shape index (κ3) is 2.44. The van der Waals surface area contributed by atoms with E-state index < -0.39 is 0 Å². The Morgan fingerprint density at radius 3 is 3.10 bits per heavy atom. The highest BCUT2D eigenvalue weighted by Gasteiger charge is 2.14. The predicted molar refractivity (Wildman–Crippen MR) is 50.3 cm³/mol. The van der Waals surface area contributed by atoms with Gasteiger partial charge in [0.1, 0.15) is 0 Å². The molecule has 0 aromatic heterocycles. The van der Waals surface area contributed by atoms with E-state index in [0.717, 1.165) is 25.6 Å². The van der Waals surface area contributed by atoms with E-state index in [4.69, 9.17) is 12.2 Å². The molecular formula is C6H12N2S2. The van der Waals surface area contributed by atoms with Gasteiger partial charge in [-0.1, -0.05) is 25.0 Å². The van der Waals surface area contributed by atoms with Crippen LogP contribution in [0.2, 0.25) is 0 Å². The number of nitrogens with zero attached hydrogens (tertiary/aromatic N) is 1. The molecule has 0 amide bonds. The topological polar surface area (TPSA) is 15.3 Å². The molecular weight excluding hydrogens is 164 g/mol. The Hall–Kier alpha value is 0.200. The second-order valence-electron chi connectivity index (χ2n) is 2.59. The van der Waals surface area contributed by atoms with Crippen LogP contribution in [0.15, 0.2) is 0 Å². The molecule has 0 saturated carbocycles. The molecule has 0 spiro atoms. The molecule has 1 saturated heterocycles. The van der Waals surface area contributed by atoms with Gasteiger partial charge in [0.25, 0.3) is 0 Å². The summed E-state index contributed by atoms with van der Waals surface area (Å²) in [5.41, 5.74) is 1.58. The van der Waals surface area contributed by atoms with E-state index in [-0.39, 0.29) is 0 Å². The van der Waals surface area contributed by atoms with Crippen molar-refractivity contribution >= 4 is 30.5 Å². The molecule has 0 aromatic rings. The lowest BCUT2D eigenvalue weighted by Gasteiger charge is -2.14. The second-order valence-corrected chi connectivity index (χ2v) is 3.31. The van der Waals surface area contributed by atoms with Gasteiger partial charge in [0.2, 0.25) is 0 Å². The number of nitrogens with one attached hydrogen (secondary N) is 1. The largest absolute Gasteiger partial charge is 0.316 e. The first-order valence-corrected chi connectivity index (χ1v) is 4.31. The fraction of sp³-hybridized carbons (Fsp3) is 0.833. The van der Waals surface area contributed by atoms with E-state index in [1.165, 1.54) is 6.42 Å². The lowest BCUT2D eigenvalue weighted by atomic mass is 10.1. The quantitative estimate of drug-likeness (QED) is 0.486. The average Bonchev–Trinajstić information content (AvgIpc) is 2.40. The van der Waals surface area contributed by atoms with Crippen molar-refractivity contribution in [1.29, 1.82) is 0 Å². The van der Waals surface area contributed by atoms with Crippen LogP contribution in [0.1, 0.15) is 6.42 Å². The molecule has 10 heavy (non-hydrogen) atoms. The van der Waals surface area contributed by atoms with Crippen LogP contribution in [0.4, 0.5) is 0 Å². The number of hydrogen-bond acceptors (Lipinski definition) is 3. The summed E-state index contributed by atoms with van der Waals surface area (Å²) in [6, 6.07) is 0. The highest BCUT2D eigenvalue weighted by Crippen LogP contribution is 2.09. The third-order valence-corrected chi connectivity index (χ3v) is 2.42. The summed E-state index contributed by atoms with van der Waals surface area (Å²) >= 11 is 8.86. The van der Waals surface area contributed by atoms with Crippen molar-refractivity contribution in [3.8, 4) is 0 Å². The molecule has 1 rings (SSSR count). The molecule has 1 N–H and O–H groups in total. The molecule has 1 fully saturated rings. The molecule has 0 bridgehead atoms. The Morgan fingerprint density at radius 2 is 2.60 bits per heavy atom. The predicted octanol–water partition coefficient (Wildman–Crippen LogP) is 0.700. The van der Waals surface area contributed by atoms with Gasteiger partial charge in [-0.15, -0.1) is 0 Å². The number of thiol groups is 1. The minimum Gasteiger partial charge on any atom is -0.316 e. The number of thiocarbonyl (C=S) groups is 1. The van der Waals surface area contributed by atoms with Gasteiger partial charge in [-0.25, -0.2) is 0 Å². The molecule has 2 nitrogen and oxygen atoms in total. The highest BCUT2D eigenvalue weighted by atomic mass is 32.1. The maximum absolute atomic E-state index is 4.71. The zero-order valence-corrected chi connectivity index (χ0v) is 7.50. The SMILES string of the molecule is S=CN(S)CC1CCNC1. The minimum absolute atomic E-state index is 0.733. The minimum atomic E-state index is 0.733. The lowest BCUT2D eigenvalue weighted by Crippen LogP contribution is -2.21. The second kappa shape index (κ2) is 4.16. The number of rotatable bonds is 3. The molecule has 0 radical (unpaired) electrons. The Labute approximate surface area is 72.5 Å². The lowest BCUT2D eigenvalue weighted by molar-refractivity contribution is 0.499. The van der Waals surface area contributed by atoms with E-state index >= 15 is 0 Å². The van der Waals surface area contributed by atoms with E-state index in [9.17, 15) is 0 Å². The molecule has 1 atom stereocenters. The van der Waals surface area contributed by atoms with Gasteiger partial charge in [-0.2, -0.15) is 0 Å². The normalized spacial score (nSPS) is 24.7. The summed E-state index contributed by atoms with van der Waals surface area (Å²) in [5.74, 6) is 0.733. The maximum Gasteiger partial charge on any atom is 0.0738 e. The molecule has 0 aromatic carbocycles. The van der Waals surface area contributed by atoms with Gasteiger partial charge < -0.3 is 9.62 Å². The monoisotopic (exact) mass is 176 g/mol. The van der Waals surface area contributed by atoms with Crippen LogP contribution in [0.3, 0.4) is 0 Å². The molecule has 1 heterocycles. The summed E-state index contributed by atoms with van der Waals surface area (Å²) in [6.45, 7) is 3.23. The van der Waals surface area contributed by atoms with E-state index in [1.807, 2.05) is 0 Å². The van der Waals surface area contributed by atoms with Gasteiger partial charge in [0.05, 0.1) is 5.49 Å². The molecule has 1 unspecified atom stereocenters. The fourth-order valence-electron chi connectivity index (χ4n) is 1.18. The Bertz CT molecular complexity index is 112. The van der Waals surface area contributed by atoms with Crippen molar-refractivity contribution in [2.75, 3.05) is 19.6 Å². The summed E-state index contributed by atoms with van der Waals surface area (Å²) in [5, 5.41) is 3.29. The van der Waals surface area contributed by atoms with Crippen LogP contribution < -0.4 is 5.32 Å². The van der Waals surface area contributed by atoms with Crippen LogP contribution in [-0.4, -0.2) is 29.4 Å². The summed E-state index contributed by atoms with van der Waals surface area (Å²) < 4.78 is 1.77. The molecule has 58 valence electrons. The zero-order valence-electron chi connectivity index (χ0n) is 5.79. The van der Waals surface area contributed by atoms with Crippen LogP contribution in [0.25, 0.3) is 0 Å². The summed E-state index contributed by atoms with van der Waals surface area (Å²) in [7, 11) is 0. The van der Waals surface area contributed by atoms with Crippen LogP contribution in [0.5, 0.6) is 0 Å². The fourth-order valence-corrected chi connectivity index (χ4v) is 1.49. The number of hydrogen-bond donors (Lipinski definition) is 2. The highest BCUT2D eigenvalue weighted by molar-refractivity contribution is 7.83. The molecule has 1 aliphatic rings. The van der Waals surface area contributed by atoms with Crippen LogP contribution in [-0.2, 0) is 0 Å². The zero-order chi connectivity index (χ0) is 7.40. The van der Waals surface area contributed by atoms with E-state index in [1.54, 1.807) is 9.80 Å². The Kier molecular flexibility index (Phi) is 3.45. The summed E-state index contributed by atoms with van der Waals surface area (Å²) in [6.07, 6.45) is 1.25. The third-order valence-electron chi connectivity index (χ3n) is 1.73. The first-order valence-electron chi connectivity index (χ1n) is 3.44.